The van der Waals surface area contributed by atoms with Gasteiger partial charge in [0.15, 0.2) is 0 Å². The van der Waals surface area contributed by atoms with E-state index < -0.39 is 0 Å². The van der Waals surface area contributed by atoms with Gasteiger partial charge in [-0.2, -0.15) is 5.10 Å². The van der Waals surface area contributed by atoms with Crippen molar-refractivity contribution in [2.24, 2.45) is 0 Å². The monoisotopic (exact) mass is 258 g/mol. The molecule has 1 aromatic rings. The summed E-state index contributed by atoms with van der Waals surface area (Å²) in [5.74, 6) is 0. The highest BCUT2D eigenvalue weighted by Crippen LogP contribution is 2.18. The van der Waals surface area contributed by atoms with Crippen LogP contribution < -0.4 is 5.32 Å². The fraction of sp³-hybridized carbons (Fsp3) is 0.750. The molecule has 0 atom stereocenters. The van der Waals surface area contributed by atoms with Gasteiger partial charge in [0.2, 0.25) is 0 Å². The number of halogens is 1. The summed E-state index contributed by atoms with van der Waals surface area (Å²) in [6, 6.07) is 0. The van der Waals surface area contributed by atoms with Crippen LogP contribution >= 0.6 is 11.6 Å². The Kier molecular flexibility index (Phi) is 5.95. The van der Waals surface area contributed by atoms with Crippen molar-refractivity contribution in [1.82, 2.24) is 20.0 Å². The zero-order valence-electron chi connectivity index (χ0n) is 11.3. The highest BCUT2D eigenvalue weighted by Gasteiger charge is 2.07. The first-order valence-electron chi connectivity index (χ1n) is 6.07. The molecule has 98 valence electrons. The van der Waals surface area contributed by atoms with Crippen LogP contribution in [0.15, 0.2) is 0 Å². The van der Waals surface area contributed by atoms with Crippen molar-refractivity contribution in [2.45, 2.75) is 26.8 Å². The van der Waals surface area contributed by atoms with Crippen molar-refractivity contribution in [3.8, 4) is 0 Å². The molecular formula is C12H23ClN4. The maximum absolute atomic E-state index is 6.09. The lowest BCUT2D eigenvalue weighted by Crippen LogP contribution is -2.25. The van der Waals surface area contributed by atoms with Crippen LogP contribution in [0.1, 0.15) is 17.8 Å². The van der Waals surface area contributed by atoms with Crippen molar-refractivity contribution < 1.29 is 0 Å². The van der Waals surface area contributed by atoms with E-state index in [-0.39, 0.29) is 0 Å². The van der Waals surface area contributed by atoms with Gasteiger partial charge in [-0.3, -0.25) is 4.68 Å². The molecule has 1 heterocycles. The summed E-state index contributed by atoms with van der Waals surface area (Å²) >= 11 is 6.09. The first-order valence-corrected chi connectivity index (χ1v) is 6.45. The quantitative estimate of drug-likeness (QED) is 0.756. The Hall–Kier alpha value is -0.580. The molecule has 17 heavy (non-hydrogen) atoms. The third kappa shape index (κ3) is 4.66. The Bertz CT molecular complexity index is 347. The lowest BCUT2D eigenvalue weighted by Gasteiger charge is -2.10. The Morgan fingerprint density at radius 1 is 1.29 bits per heavy atom. The van der Waals surface area contributed by atoms with Gasteiger partial charge < -0.3 is 10.2 Å². The van der Waals surface area contributed by atoms with Crippen molar-refractivity contribution in [1.29, 1.82) is 0 Å². The van der Waals surface area contributed by atoms with E-state index in [0.29, 0.717) is 0 Å². The molecule has 0 aliphatic rings. The van der Waals surface area contributed by atoms with E-state index in [9.17, 15) is 0 Å². The van der Waals surface area contributed by atoms with Crippen molar-refractivity contribution in [3.63, 3.8) is 0 Å². The number of hydrogen-bond donors (Lipinski definition) is 1. The fourth-order valence-corrected chi connectivity index (χ4v) is 1.86. The van der Waals surface area contributed by atoms with Crippen LogP contribution in [0.4, 0.5) is 0 Å². The molecule has 0 unspecified atom stereocenters. The van der Waals surface area contributed by atoms with E-state index in [1.165, 1.54) is 6.42 Å². The van der Waals surface area contributed by atoms with Crippen molar-refractivity contribution >= 4 is 11.6 Å². The second-order valence-corrected chi connectivity index (χ2v) is 4.99. The minimum atomic E-state index is 0.789. The Labute approximate surface area is 109 Å². The molecule has 1 N–H and O–H groups in total. The maximum Gasteiger partial charge on any atom is 0.0844 e. The number of nitrogens with zero attached hydrogens (tertiary/aromatic N) is 3. The van der Waals surface area contributed by atoms with E-state index in [0.717, 1.165) is 42.6 Å². The first-order chi connectivity index (χ1) is 8.02. The van der Waals surface area contributed by atoms with Crippen LogP contribution in [0.25, 0.3) is 0 Å². The van der Waals surface area contributed by atoms with E-state index in [4.69, 9.17) is 11.6 Å². The largest absolute Gasteiger partial charge is 0.315 e. The molecular weight excluding hydrogens is 236 g/mol. The molecule has 0 fully saturated rings. The number of aryl methyl sites for hydroxylation is 1. The van der Waals surface area contributed by atoms with Crippen molar-refractivity contribution in [2.75, 3.05) is 33.7 Å². The molecule has 1 aromatic heterocycles. The molecule has 0 aliphatic heterocycles. The van der Waals surface area contributed by atoms with Gasteiger partial charge in [-0.25, -0.2) is 0 Å². The number of aromatic nitrogens is 2. The molecule has 0 spiro atoms. The van der Waals surface area contributed by atoms with Crippen LogP contribution in [0.2, 0.25) is 5.02 Å². The third-order valence-corrected chi connectivity index (χ3v) is 3.30. The zero-order chi connectivity index (χ0) is 12.8. The lowest BCUT2D eigenvalue weighted by atomic mass is 10.4. The van der Waals surface area contributed by atoms with Crippen LogP contribution in [0.5, 0.6) is 0 Å². The minimum Gasteiger partial charge on any atom is -0.315 e. The Balaban J connectivity index is 2.20. The average Bonchev–Trinajstić information content (AvgIpc) is 2.51. The number of hydrogen-bond acceptors (Lipinski definition) is 3. The molecule has 0 radical (unpaired) electrons. The van der Waals surface area contributed by atoms with Crippen LogP contribution in [-0.4, -0.2) is 48.4 Å². The van der Waals surface area contributed by atoms with Crippen LogP contribution in [-0.2, 0) is 6.54 Å². The van der Waals surface area contributed by atoms with Gasteiger partial charge >= 0.3 is 0 Å². The van der Waals surface area contributed by atoms with Crippen LogP contribution in [0.3, 0.4) is 0 Å². The normalized spacial score (nSPS) is 11.4. The van der Waals surface area contributed by atoms with Crippen molar-refractivity contribution in [3.05, 3.63) is 16.4 Å². The smallest absolute Gasteiger partial charge is 0.0844 e. The molecule has 0 aromatic carbocycles. The summed E-state index contributed by atoms with van der Waals surface area (Å²) in [7, 11) is 4.19. The Morgan fingerprint density at radius 3 is 2.53 bits per heavy atom. The summed E-state index contributed by atoms with van der Waals surface area (Å²) < 4.78 is 1.97. The van der Waals surface area contributed by atoms with Gasteiger partial charge in [0.25, 0.3) is 0 Å². The molecule has 5 heteroatoms. The Morgan fingerprint density at radius 2 is 2.00 bits per heavy atom. The van der Waals surface area contributed by atoms with Gasteiger partial charge in [0, 0.05) is 6.54 Å². The summed E-state index contributed by atoms with van der Waals surface area (Å²) in [5.41, 5.74) is 1.97. The average molecular weight is 259 g/mol. The third-order valence-electron chi connectivity index (χ3n) is 2.75. The van der Waals surface area contributed by atoms with Crippen LogP contribution in [0, 0.1) is 13.8 Å². The zero-order valence-corrected chi connectivity index (χ0v) is 12.0. The van der Waals surface area contributed by atoms with Gasteiger partial charge in [-0.15, -0.1) is 0 Å². The first kappa shape index (κ1) is 14.5. The van der Waals surface area contributed by atoms with E-state index in [2.05, 4.69) is 29.4 Å². The van der Waals surface area contributed by atoms with E-state index in [1.807, 2.05) is 18.5 Å². The summed E-state index contributed by atoms with van der Waals surface area (Å²) in [6.07, 6.45) is 1.17. The number of rotatable bonds is 7. The summed E-state index contributed by atoms with van der Waals surface area (Å²) in [5, 5.41) is 8.60. The molecule has 0 saturated heterocycles. The van der Waals surface area contributed by atoms with Gasteiger partial charge in [0.05, 0.1) is 23.0 Å². The standard InChI is InChI=1S/C12H23ClN4/c1-10-12(13)11(2)17(15-10)9-7-14-6-5-8-16(3)4/h14H,5-9H2,1-4H3. The lowest BCUT2D eigenvalue weighted by molar-refractivity contribution is 0.392. The second kappa shape index (κ2) is 6.99. The molecule has 1 rings (SSSR count). The SMILES string of the molecule is Cc1nn(CCNCCCN(C)C)c(C)c1Cl. The molecule has 0 aliphatic carbocycles. The highest BCUT2D eigenvalue weighted by molar-refractivity contribution is 6.31. The fourth-order valence-electron chi connectivity index (χ4n) is 1.72. The predicted molar refractivity (Wildman–Crippen MR) is 72.8 cm³/mol. The molecule has 4 nitrogen and oxygen atoms in total. The predicted octanol–water partition coefficient (Wildman–Crippen LogP) is 1.69. The minimum absolute atomic E-state index is 0.789. The van der Waals surface area contributed by atoms with E-state index in [1.54, 1.807) is 0 Å². The maximum atomic E-state index is 6.09. The number of nitrogens with one attached hydrogen (secondary N) is 1. The molecule has 0 saturated carbocycles. The summed E-state index contributed by atoms with van der Waals surface area (Å²) in [4.78, 5) is 2.20. The second-order valence-electron chi connectivity index (χ2n) is 4.61. The molecule has 0 amide bonds. The van der Waals surface area contributed by atoms with Gasteiger partial charge in [-0.1, -0.05) is 11.6 Å². The summed E-state index contributed by atoms with van der Waals surface area (Å²) in [6.45, 7) is 7.93. The van der Waals surface area contributed by atoms with Gasteiger partial charge in [0.1, 0.15) is 0 Å². The topological polar surface area (TPSA) is 33.1 Å². The van der Waals surface area contributed by atoms with Gasteiger partial charge in [-0.05, 0) is 47.5 Å². The molecule has 0 bridgehead atoms. The highest BCUT2D eigenvalue weighted by atomic mass is 35.5. The van der Waals surface area contributed by atoms with E-state index >= 15 is 0 Å².